The van der Waals surface area contributed by atoms with Gasteiger partial charge in [0.25, 0.3) is 6.71 Å². The Labute approximate surface area is 352 Å². The molecule has 0 aliphatic carbocycles. The molecule has 10 aromatic rings. The summed E-state index contributed by atoms with van der Waals surface area (Å²) in [5.41, 5.74) is 22.1. The molecule has 2 aromatic heterocycles. The van der Waals surface area contributed by atoms with Crippen LogP contribution < -0.4 is 16.4 Å². The Balaban J connectivity index is 1.36. The highest BCUT2D eigenvalue weighted by Crippen LogP contribution is 2.48. The van der Waals surface area contributed by atoms with Crippen molar-refractivity contribution in [2.24, 2.45) is 0 Å². The van der Waals surface area contributed by atoms with Crippen LogP contribution in [0.1, 0.15) is 58.2 Å². The van der Waals surface area contributed by atoms with E-state index >= 15 is 0 Å². The van der Waals surface area contributed by atoms with Crippen molar-refractivity contribution in [3.63, 3.8) is 0 Å². The molecule has 0 N–H and O–H groups in total. The number of hydrogen-bond donors (Lipinski definition) is 0. The summed E-state index contributed by atoms with van der Waals surface area (Å²) >= 11 is 0. The van der Waals surface area contributed by atoms with Crippen molar-refractivity contribution < 1.29 is 0 Å². The molecule has 12 rings (SSSR count). The average molecular weight is 771 g/mol. The van der Waals surface area contributed by atoms with E-state index in [9.17, 15) is 0 Å². The van der Waals surface area contributed by atoms with Crippen molar-refractivity contribution in [2.45, 2.75) is 59.3 Å². The Morgan fingerprint density at radius 1 is 0.450 bits per heavy atom. The zero-order valence-corrected chi connectivity index (χ0v) is 35.5. The van der Waals surface area contributed by atoms with E-state index in [4.69, 9.17) is 0 Å². The third-order valence-electron chi connectivity index (χ3n) is 13.7. The van der Waals surface area contributed by atoms with Crippen LogP contribution in [0.5, 0.6) is 0 Å². The second-order valence-corrected chi connectivity index (χ2v) is 19.4. The summed E-state index contributed by atoms with van der Waals surface area (Å²) in [5.74, 6) is 0. The summed E-state index contributed by atoms with van der Waals surface area (Å²) in [6, 6.07) is 60.1. The minimum Gasteiger partial charge on any atom is -0.310 e. The summed E-state index contributed by atoms with van der Waals surface area (Å²) in [5, 5.41) is 6.58. The maximum atomic E-state index is 2.68. The number of rotatable bonds is 3. The van der Waals surface area contributed by atoms with Crippen LogP contribution in [0.4, 0.5) is 0 Å². The molecule has 2 aliphatic heterocycles. The molecule has 0 saturated carbocycles. The normalized spacial score (nSPS) is 13.2. The van der Waals surface area contributed by atoms with Gasteiger partial charge in [-0.15, -0.1) is 0 Å². The molecule has 4 heterocycles. The molecule has 0 amide bonds. The minimum absolute atomic E-state index is 0.00728. The van der Waals surface area contributed by atoms with Crippen LogP contribution >= 0.6 is 0 Å². The number of nitrogens with zero attached hydrogens (tertiary/aromatic N) is 2. The Hall–Kier alpha value is -6.58. The summed E-state index contributed by atoms with van der Waals surface area (Å²) in [6.07, 6.45) is 0. The van der Waals surface area contributed by atoms with Crippen molar-refractivity contribution in [1.29, 1.82) is 0 Å². The maximum Gasteiger partial charge on any atom is 0.253 e. The van der Waals surface area contributed by atoms with Gasteiger partial charge < -0.3 is 9.13 Å². The minimum atomic E-state index is -0.0531. The van der Waals surface area contributed by atoms with Gasteiger partial charge in [-0.1, -0.05) is 163 Å². The first-order valence-corrected chi connectivity index (χ1v) is 21.6. The topological polar surface area (TPSA) is 9.86 Å². The van der Waals surface area contributed by atoms with E-state index in [1.807, 2.05) is 0 Å². The lowest BCUT2D eigenvalue weighted by molar-refractivity contribution is 0.590. The molecule has 0 saturated heterocycles. The van der Waals surface area contributed by atoms with Crippen LogP contribution in [0, 0.1) is 6.92 Å². The highest BCUT2D eigenvalue weighted by atomic mass is 15.0. The van der Waals surface area contributed by atoms with E-state index in [0.29, 0.717) is 0 Å². The van der Waals surface area contributed by atoms with Gasteiger partial charge in [0.15, 0.2) is 0 Å². The number of hydrogen-bond acceptors (Lipinski definition) is 0. The maximum absolute atomic E-state index is 2.68. The number of aryl methyl sites for hydroxylation is 1. The predicted octanol–water partition coefficient (Wildman–Crippen LogP) is 12.9. The molecule has 2 aliphatic rings. The standard InChI is InChI=1S/C57H47BN2/c1-34-18-14-16-24-41(34)54-50(36-21-12-9-13-22-36)45-28-37-23-15-17-25-42(37)51-55(45)60(54)49-30-38(35-19-10-8-11-20-35)29-48-52(49)58(51)46-33-40(57(5,6)7)32-44-43-31-39(56(2,3)4)26-27-47(43)59(48)53(44)46/h8-33H,1-7H3. The summed E-state index contributed by atoms with van der Waals surface area (Å²) in [4.78, 5) is 0. The fourth-order valence-corrected chi connectivity index (χ4v) is 10.8. The van der Waals surface area contributed by atoms with Gasteiger partial charge in [0.1, 0.15) is 0 Å². The van der Waals surface area contributed by atoms with Gasteiger partial charge in [-0.3, -0.25) is 0 Å². The van der Waals surface area contributed by atoms with Crippen LogP contribution in [-0.2, 0) is 10.8 Å². The summed E-state index contributed by atoms with van der Waals surface area (Å²) in [6.45, 7) is 16.4. The molecule has 8 aromatic carbocycles. The molecule has 0 unspecified atom stereocenters. The van der Waals surface area contributed by atoms with E-state index in [1.54, 1.807) is 0 Å². The Bertz CT molecular complexity index is 3440. The van der Waals surface area contributed by atoms with Gasteiger partial charge >= 0.3 is 0 Å². The van der Waals surface area contributed by atoms with Crippen molar-refractivity contribution in [2.75, 3.05) is 0 Å². The van der Waals surface area contributed by atoms with Crippen LogP contribution in [0.3, 0.4) is 0 Å². The van der Waals surface area contributed by atoms with Gasteiger partial charge in [-0.25, -0.2) is 0 Å². The van der Waals surface area contributed by atoms with Gasteiger partial charge in [-0.05, 0) is 115 Å². The second-order valence-electron chi connectivity index (χ2n) is 19.4. The molecule has 60 heavy (non-hydrogen) atoms. The van der Waals surface area contributed by atoms with E-state index < -0.39 is 0 Å². The lowest BCUT2D eigenvalue weighted by Gasteiger charge is -2.36. The second kappa shape index (κ2) is 12.2. The first kappa shape index (κ1) is 35.4. The summed E-state index contributed by atoms with van der Waals surface area (Å²) < 4.78 is 5.33. The van der Waals surface area contributed by atoms with Crippen LogP contribution in [0.2, 0.25) is 0 Å². The smallest absolute Gasteiger partial charge is 0.253 e. The first-order valence-electron chi connectivity index (χ1n) is 21.6. The van der Waals surface area contributed by atoms with E-state index in [0.717, 1.165) is 0 Å². The molecule has 0 spiro atoms. The van der Waals surface area contributed by atoms with Gasteiger partial charge in [-0.2, -0.15) is 0 Å². The largest absolute Gasteiger partial charge is 0.310 e. The van der Waals surface area contributed by atoms with Crippen LogP contribution in [-0.4, -0.2) is 15.8 Å². The SMILES string of the molecule is Cc1ccccc1-c1c(-c2ccccc2)c2cc3ccccc3c3c2n1-c1cc(-c2ccccc2)cc2c1B3c1cc(C(C)(C)C)cc3c4cc(C(C)(C)C)ccc4n-2c13. The monoisotopic (exact) mass is 770 g/mol. The average Bonchev–Trinajstić information content (AvgIpc) is 3.76. The number of benzene rings is 8. The van der Waals surface area contributed by atoms with Gasteiger partial charge in [0.05, 0.1) is 16.7 Å². The zero-order valence-electron chi connectivity index (χ0n) is 35.5. The zero-order chi connectivity index (χ0) is 40.8. The molecule has 288 valence electrons. The third kappa shape index (κ3) is 4.84. The van der Waals surface area contributed by atoms with E-state index in [-0.39, 0.29) is 17.5 Å². The fourth-order valence-electron chi connectivity index (χ4n) is 10.8. The lowest BCUT2D eigenvalue weighted by Crippen LogP contribution is -2.60. The Kier molecular flexibility index (Phi) is 7.22. The number of fused-ring (bicyclic) bond motifs is 9. The molecule has 0 radical (unpaired) electrons. The Morgan fingerprint density at radius 3 is 1.80 bits per heavy atom. The van der Waals surface area contributed by atoms with Crippen LogP contribution in [0.25, 0.3) is 88.4 Å². The molecule has 0 fully saturated rings. The molecule has 3 heteroatoms. The van der Waals surface area contributed by atoms with Crippen molar-refractivity contribution in [3.05, 3.63) is 174 Å². The molecule has 0 bridgehead atoms. The van der Waals surface area contributed by atoms with E-state index in [1.165, 1.54) is 121 Å². The quantitative estimate of drug-likeness (QED) is 0.158. The van der Waals surface area contributed by atoms with Crippen LogP contribution in [0.15, 0.2) is 158 Å². The first-order chi connectivity index (χ1) is 29.0. The van der Waals surface area contributed by atoms with Crippen molar-refractivity contribution in [1.82, 2.24) is 9.13 Å². The van der Waals surface area contributed by atoms with Gasteiger partial charge in [0.2, 0.25) is 0 Å². The highest BCUT2D eigenvalue weighted by molar-refractivity contribution is 7.01. The third-order valence-corrected chi connectivity index (χ3v) is 13.7. The molecular formula is C57H47BN2. The van der Waals surface area contributed by atoms with Crippen molar-refractivity contribution in [3.8, 4) is 44.9 Å². The lowest BCUT2D eigenvalue weighted by atomic mass is 9.33. The van der Waals surface area contributed by atoms with Crippen molar-refractivity contribution >= 4 is 66.6 Å². The fraction of sp³-hybridized carbons (Fsp3) is 0.158. The molecule has 2 nitrogen and oxygen atoms in total. The molecule has 0 atom stereocenters. The highest BCUT2D eigenvalue weighted by Gasteiger charge is 2.44. The predicted molar refractivity (Wildman–Crippen MR) is 258 cm³/mol. The summed E-state index contributed by atoms with van der Waals surface area (Å²) in [7, 11) is 0. The Morgan fingerprint density at radius 2 is 1.08 bits per heavy atom. The van der Waals surface area contributed by atoms with E-state index in [2.05, 4.69) is 215 Å². The number of aromatic nitrogens is 2. The molecular weight excluding hydrogens is 723 g/mol. The van der Waals surface area contributed by atoms with Gasteiger partial charge in [0, 0.05) is 44.2 Å².